The summed E-state index contributed by atoms with van der Waals surface area (Å²) in [5.74, 6) is 0.723. The fourth-order valence-electron chi connectivity index (χ4n) is 2.54. The van der Waals surface area contributed by atoms with E-state index in [0.717, 1.165) is 12.1 Å². The van der Waals surface area contributed by atoms with Crippen LogP contribution in [0.3, 0.4) is 0 Å². The van der Waals surface area contributed by atoms with Crippen LogP contribution in [0.4, 0.5) is 0 Å². The lowest BCUT2D eigenvalue weighted by molar-refractivity contribution is -0.0199. The van der Waals surface area contributed by atoms with Gasteiger partial charge in [-0.15, -0.1) is 0 Å². The highest BCUT2D eigenvalue weighted by molar-refractivity contribution is 5.31. The number of methoxy groups -OCH3 is 1. The molecule has 0 aromatic carbocycles. The molecule has 0 amide bonds. The number of hydrogen-bond acceptors (Lipinski definition) is 4. The van der Waals surface area contributed by atoms with Gasteiger partial charge >= 0.3 is 0 Å². The molecule has 2 unspecified atom stereocenters. The van der Waals surface area contributed by atoms with Crippen molar-refractivity contribution >= 4 is 0 Å². The molecule has 0 radical (unpaired) electrons. The van der Waals surface area contributed by atoms with Crippen LogP contribution < -0.4 is 4.74 Å². The lowest BCUT2D eigenvalue weighted by Gasteiger charge is -2.31. The van der Waals surface area contributed by atoms with E-state index in [-0.39, 0.29) is 12.0 Å². The van der Waals surface area contributed by atoms with Gasteiger partial charge in [-0.2, -0.15) is 5.10 Å². The quantitative estimate of drug-likeness (QED) is 0.888. The van der Waals surface area contributed by atoms with Crippen LogP contribution in [0.2, 0.25) is 0 Å². The summed E-state index contributed by atoms with van der Waals surface area (Å²) in [5.41, 5.74) is -0.238. The van der Waals surface area contributed by atoms with Gasteiger partial charge < -0.3 is 14.6 Å². The lowest BCUT2D eigenvalue weighted by atomic mass is 9.85. The summed E-state index contributed by atoms with van der Waals surface area (Å²) < 4.78 is 12.6. The van der Waals surface area contributed by atoms with Crippen LogP contribution in [0.15, 0.2) is 6.20 Å². The van der Waals surface area contributed by atoms with Crippen LogP contribution in [0.5, 0.6) is 5.75 Å². The van der Waals surface area contributed by atoms with Crippen LogP contribution in [0.1, 0.15) is 38.9 Å². The van der Waals surface area contributed by atoms with Crippen molar-refractivity contribution in [2.75, 3.05) is 20.3 Å². The third-order valence-electron chi connectivity index (χ3n) is 3.67. The standard InChI is InChI=1S/C13H22N2O3/c1-9(2)15-12(11(17-4)7-14-15)13(3,16)10-5-6-18-8-10/h7,9-10,16H,5-6,8H2,1-4H3. The highest BCUT2D eigenvalue weighted by Crippen LogP contribution is 2.40. The Kier molecular flexibility index (Phi) is 3.64. The van der Waals surface area contributed by atoms with Gasteiger partial charge in [-0.1, -0.05) is 0 Å². The first-order chi connectivity index (χ1) is 8.48. The van der Waals surface area contributed by atoms with Crippen molar-refractivity contribution in [1.82, 2.24) is 9.78 Å². The molecule has 0 spiro atoms. The van der Waals surface area contributed by atoms with Crippen LogP contribution in [-0.2, 0) is 10.3 Å². The predicted molar refractivity (Wildman–Crippen MR) is 67.7 cm³/mol. The minimum absolute atomic E-state index is 0.0839. The maximum Gasteiger partial charge on any atom is 0.162 e. The zero-order chi connectivity index (χ0) is 13.3. The molecule has 0 aliphatic carbocycles. The number of rotatable bonds is 4. The predicted octanol–water partition coefficient (Wildman–Crippen LogP) is 1.72. The van der Waals surface area contributed by atoms with Crippen LogP contribution in [0.25, 0.3) is 0 Å². The number of nitrogens with zero attached hydrogens (tertiary/aromatic N) is 2. The molecule has 102 valence electrons. The minimum Gasteiger partial charge on any atom is -0.493 e. The highest BCUT2D eigenvalue weighted by atomic mass is 16.5. The van der Waals surface area contributed by atoms with Gasteiger partial charge in [0.25, 0.3) is 0 Å². The van der Waals surface area contributed by atoms with E-state index in [0.29, 0.717) is 19.0 Å². The van der Waals surface area contributed by atoms with Crippen molar-refractivity contribution in [1.29, 1.82) is 0 Å². The third kappa shape index (κ3) is 2.12. The van der Waals surface area contributed by atoms with Gasteiger partial charge in [-0.3, -0.25) is 4.68 Å². The molecular formula is C13H22N2O3. The number of hydrogen-bond donors (Lipinski definition) is 1. The van der Waals surface area contributed by atoms with Crippen molar-refractivity contribution in [3.8, 4) is 5.75 Å². The number of ether oxygens (including phenoxy) is 2. The summed E-state index contributed by atoms with van der Waals surface area (Å²) in [7, 11) is 1.60. The molecule has 0 bridgehead atoms. The van der Waals surface area contributed by atoms with Crippen molar-refractivity contribution < 1.29 is 14.6 Å². The summed E-state index contributed by atoms with van der Waals surface area (Å²) >= 11 is 0. The Bertz CT molecular complexity index is 406. The minimum atomic E-state index is -0.984. The fraction of sp³-hybridized carbons (Fsp3) is 0.769. The van der Waals surface area contributed by atoms with E-state index in [4.69, 9.17) is 9.47 Å². The SMILES string of the molecule is COc1cnn(C(C)C)c1C(C)(O)C1CCOC1. The largest absolute Gasteiger partial charge is 0.493 e. The molecule has 1 aromatic heterocycles. The number of aromatic nitrogens is 2. The first kappa shape index (κ1) is 13.4. The Morgan fingerprint density at radius 1 is 1.61 bits per heavy atom. The second kappa shape index (κ2) is 4.90. The summed E-state index contributed by atoms with van der Waals surface area (Å²) in [6.07, 6.45) is 2.53. The molecule has 1 aliphatic heterocycles. The van der Waals surface area contributed by atoms with Crippen molar-refractivity contribution in [3.05, 3.63) is 11.9 Å². The highest BCUT2D eigenvalue weighted by Gasteiger charge is 2.41. The molecule has 18 heavy (non-hydrogen) atoms. The molecule has 1 N–H and O–H groups in total. The van der Waals surface area contributed by atoms with Crippen LogP contribution in [0, 0.1) is 5.92 Å². The van der Waals surface area contributed by atoms with E-state index < -0.39 is 5.60 Å². The molecule has 2 atom stereocenters. The Hall–Kier alpha value is -1.07. The fourth-order valence-corrected chi connectivity index (χ4v) is 2.54. The molecule has 1 fully saturated rings. The smallest absolute Gasteiger partial charge is 0.162 e. The van der Waals surface area contributed by atoms with Gasteiger partial charge in [0, 0.05) is 18.6 Å². The first-order valence-corrected chi connectivity index (χ1v) is 6.40. The molecule has 1 aromatic rings. The first-order valence-electron chi connectivity index (χ1n) is 6.40. The molecule has 5 heteroatoms. The van der Waals surface area contributed by atoms with E-state index in [1.165, 1.54) is 0 Å². The molecule has 1 aliphatic rings. The van der Waals surface area contributed by atoms with E-state index in [1.807, 2.05) is 25.5 Å². The third-order valence-corrected chi connectivity index (χ3v) is 3.67. The average molecular weight is 254 g/mol. The lowest BCUT2D eigenvalue weighted by Crippen LogP contribution is -2.35. The van der Waals surface area contributed by atoms with E-state index in [1.54, 1.807) is 13.3 Å². The zero-order valence-electron chi connectivity index (χ0n) is 11.5. The summed E-state index contributed by atoms with van der Waals surface area (Å²) in [5, 5.41) is 15.2. The second-order valence-corrected chi connectivity index (χ2v) is 5.31. The Morgan fingerprint density at radius 2 is 2.33 bits per heavy atom. The van der Waals surface area contributed by atoms with Gasteiger partial charge in [-0.05, 0) is 27.2 Å². The molecule has 1 saturated heterocycles. The maximum absolute atomic E-state index is 10.9. The van der Waals surface area contributed by atoms with E-state index in [2.05, 4.69) is 5.10 Å². The van der Waals surface area contributed by atoms with Crippen molar-refractivity contribution in [2.45, 2.75) is 38.8 Å². The molecule has 2 heterocycles. The van der Waals surface area contributed by atoms with Gasteiger partial charge in [0.15, 0.2) is 5.75 Å². The topological polar surface area (TPSA) is 56.5 Å². The van der Waals surface area contributed by atoms with Crippen LogP contribution in [-0.4, -0.2) is 35.2 Å². The zero-order valence-corrected chi connectivity index (χ0v) is 11.5. The molecular weight excluding hydrogens is 232 g/mol. The number of aliphatic hydroxyl groups is 1. The van der Waals surface area contributed by atoms with Gasteiger partial charge in [0.05, 0.1) is 19.9 Å². The summed E-state index contributed by atoms with van der Waals surface area (Å²) in [6, 6.07) is 0.178. The monoisotopic (exact) mass is 254 g/mol. The Balaban J connectivity index is 2.43. The average Bonchev–Trinajstić information content (AvgIpc) is 2.98. The van der Waals surface area contributed by atoms with Gasteiger partial charge in [0.1, 0.15) is 11.3 Å². The molecule has 5 nitrogen and oxygen atoms in total. The van der Waals surface area contributed by atoms with Crippen molar-refractivity contribution in [2.24, 2.45) is 5.92 Å². The normalized spacial score (nSPS) is 23.3. The summed E-state index contributed by atoms with van der Waals surface area (Å²) in [4.78, 5) is 0. The van der Waals surface area contributed by atoms with Crippen LogP contribution >= 0.6 is 0 Å². The molecule has 0 saturated carbocycles. The van der Waals surface area contributed by atoms with E-state index >= 15 is 0 Å². The van der Waals surface area contributed by atoms with Gasteiger partial charge in [0.2, 0.25) is 0 Å². The maximum atomic E-state index is 10.9. The summed E-state index contributed by atoms with van der Waals surface area (Å²) in [6.45, 7) is 7.19. The molecule has 2 rings (SSSR count). The Labute approximate surface area is 108 Å². The van der Waals surface area contributed by atoms with E-state index in [9.17, 15) is 5.11 Å². The van der Waals surface area contributed by atoms with Crippen molar-refractivity contribution in [3.63, 3.8) is 0 Å². The van der Waals surface area contributed by atoms with Gasteiger partial charge in [-0.25, -0.2) is 0 Å². The second-order valence-electron chi connectivity index (χ2n) is 5.31. The Morgan fingerprint density at radius 3 is 2.83 bits per heavy atom.